The quantitative estimate of drug-likeness (QED) is 0.360. The number of esters is 1. The van der Waals surface area contributed by atoms with Crippen LogP contribution >= 0.6 is 0 Å². The first-order valence-corrected chi connectivity index (χ1v) is 15.1. The Balaban J connectivity index is 1.36. The predicted octanol–water partition coefficient (Wildman–Crippen LogP) is 6.03. The summed E-state index contributed by atoms with van der Waals surface area (Å²) in [6.45, 7) is 5.40. The van der Waals surface area contributed by atoms with Crippen LogP contribution in [0, 0.1) is 29.1 Å². The molecule has 2 aliphatic rings. The minimum Gasteiger partial charge on any atom is -0.461 e. The Morgan fingerprint density at radius 2 is 1.61 bits per heavy atom. The van der Waals surface area contributed by atoms with Crippen LogP contribution in [0.5, 0.6) is 0 Å². The van der Waals surface area contributed by atoms with E-state index in [1.165, 1.54) is 19.3 Å². The number of benzene rings is 2. The van der Waals surface area contributed by atoms with E-state index in [4.69, 9.17) is 10.00 Å². The molecule has 1 aliphatic heterocycles. The molecule has 0 bridgehead atoms. The SMILES string of the molecule is CC(C)(NC(=O)c1ccc(C#N)cc1)C(CC1CCCCC1)C(=O)N1CCC(CC(=O)OCc2ccccc2)CC1. The summed E-state index contributed by atoms with van der Waals surface area (Å²) >= 11 is 0. The molecule has 2 aromatic carbocycles. The summed E-state index contributed by atoms with van der Waals surface area (Å²) in [5.74, 6) is -0.0239. The van der Waals surface area contributed by atoms with Crippen molar-refractivity contribution in [3.05, 3.63) is 71.3 Å². The first-order chi connectivity index (χ1) is 19.7. The first kappa shape index (κ1) is 30.3. The second-order valence-electron chi connectivity index (χ2n) is 12.3. The topological polar surface area (TPSA) is 99.5 Å². The van der Waals surface area contributed by atoms with Gasteiger partial charge in [0.25, 0.3) is 5.91 Å². The Morgan fingerprint density at radius 3 is 2.24 bits per heavy atom. The number of likely N-dealkylation sites (tertiary alicyclic amines) is 1. The molecule has 4 rings (SSSR count). The highest BCUT2D eigenvalue weighted by molar-refractivity contribution is 5.95. The fourth-order valence-corrected chi connectivity index (χ4v) is 6.22. The van der Waals surface area contributed by atoms with Crippen LogP contribution in [0.25, 0.3) is 0 Å². The Labute approximate surface area is 244 Å². The number of piperidine rings is 1. The fourth-order valence-electron chi connectivity index (χ4n) is 6.22. The van der Waals surface area contributed by atoms with Gasteiger partial charge in [-0.3, -0.25) is 14.4 Å². The van der Waals surface area contributed by atoms with Crippen molar-refractivity contribution in [2.24, 2.45) is 17.8 Å². The van der Waals surface area contributed by atoms with Gasteiger partial charge in [0, 0.05) is 30.6 Å². The van der Waals surface area contributed by atoms with Gasteiger partial charge in [0.2, 0.25) is 5.91 Å². The lowest BCUT2D eigenvalue weighted by Gasteiger charge is -2.41. The number of carbonyl (C=O) groups excluding carboxylic acids is 3. The van der Waals surface area contributed by atoms with Gasteiger partial charge in [-0.15, -0.1) is 0 Å². The molecule has 1 heterocycles. The molecule has 41 heavy (non-hydrogen) atoms. The summed E-state index contributed by atoms with van der Waals surface area (Å²) in [5, 5.41) is 12.2. The normalized spacial score (nSPS) is 17.3. The van der Waals surface area contributed by atoms with Crippen LogP contribution in [-0.2, 0) is 20.9 Å². The summed E-state index contributed by atoms with van der Waals surface area (Å²) < 4.78 is 5.48. The zero-order chi connectivity index (χ0) is 29.2. The minimum atomic E-state index is -0.752. The zero-order valence-corrected chi connectivity index (χ0v) is 24.4. The Morgan fingerprint density at radius 1 is 0.951 bits per heavy atom. The molecule has 1 N–H and O–H groups in total. The summed E-state index contributed by atoms with van der Waals surface area (Å²) in [6, 6.07) is 18.3. The molecule has 7 heteroatoms. The Bertz CT molecular complexity index is 1200. The van der Waals surface area contributed by atoms with E-state index in [0.29, 0.717) is 36.6 Å². The molecule has 2 fully saturated rings. The number of nitriles is 1. The molecule has 1 saturated heterocycles. The van der Waals surface area contributed by atoms with E-state index in [1.54, 1.807) is 24.3 Å². The van der Waals surface area contributed by atoms with E-state index < -0.39 is 5.54 Å². The molecule has 1 aliphatic carbocycles. The summed E-state index contributed by atoms with van der Waals surface area (Å²) in [7, 11) is 0. The fraction of sp³-hybridized carbons (Fsp3) is 0.529. The van der Waals surface area contributed by atoms with E-state index in [1.807, 2.05) is 49.1 Å². The van der Waals surface area contributed by atoms with Crippen molar-refractivity contribution >= 4 is 17.8 Å². The third-order valence-electron chi connectivity index (χ3n) is 8.80. The van der Waals surface area contributed by atoms with Gasteiger partial charge < -0.3 is 15.0 Å². The van der Waals surface area contributed by atoms with Crippen LogP contribution in [0.15, 0.2) is 54.6 Å². The van der Waals surface area contributed by atoms with Gasteiger partial charge in [-0.25, -0.2) is 0 Å². The lowest BCUT2D eigenvalue weighted by molar-refractivity contribution is -0.146. The van der Waals surface area contributed by atoms with E-state index in [2.05, 4.69) is 11.4 Å². The Hall–Kier alpha value is -3.66. The summed E-state index contributed by atoms with van der Waals surface area (Å²) in [6.07, 6.45) is 8.52. The Kier molecular flexibility index (Phi) is 10.6. The van der Waals surface area contributed by atoms with Gasteiger partial charge in [0.1, 0.15) is 6.61 Å². The molecule has 0 spiro atoms. The minimum absolute atomic E-state index is 0.0887. The zero-order valence-electron chi connectivity index (χ0n) is 24.4. The summed E-state index contributed by atoms with van der Waals surface area (Å²) in [4.78, 5) is 41.6. The number of hydrogen-bond donors (Lipinski definition) is 1. The highest BCUT2D eigenvalue weighted by Crippen LogP contribution is 2.35. The lowest BCUT2D eigenvalue weighted by atomic mass is 9.75. The van der Waals surface area contributed by atoms with Crippen LogP contribution < -0.4 is 5.32 Å². The van der Waals surface area contributed by atoms with Crippen LogP contribution in [0.4, 0.5) is 0 Å². The van der Waals surface area contributed by atoms with Crippen molar-refractivity contribution in [3.63, 3.8) is 0 Å². The highest BCUT2D eigenvalue weighted by atomic mass is 16.5. The third-order valence-corrected chi connectivity index (χ3v) is 8.80. The number of hydrogen-bond acceptors (Lipinski definition) is 5. The molecule has 2 amide bonds. The third kappa shape index (κ3) is 8.66. The van der Waals surface area contributed by atoms with Gasteiger partial charge in [-0.2, -0.15) is 5.26 Å². The molecule has 1 atom stereocenters. The highest BCUT2D eigenvalue weighted by Gasteiger charge is 2.41. The molecule has 2 aromatic rings. The lowest BCUT2D eigenvalue weighted by Crippen LogP contribution is -2.56. The van der Waals surface area contributed by atoms with Crippen molar-refractivity contribution in [2.45, 2.75) is 83.8 Å². The molecule has 0 aromatic heterocycles. The van der Waals surface area contributed by atoms with E-state index in [-0.39, 0.29) is 36.2 Å². The standard InChI is InChI=1S/C34H43N3O4/c1-34(2,36-32(39)29-15-13-27(23-35)14-16-29)30(21-25-9-5-3-6-10-25)33(40)37-19-17-26(18-20-37)22-31(38)41-24-28-11-7-4-8-12-28/h4,7-8,11-16,25-26,30H,3,5-6,9-10,17-22,24H2,1-2H3,(H,36,39). The monoisotopic (exact) mass is 557 g/mol. The molecule has 218 valence electrons. The smallest absolute Gasteiger partial charge is 0.306 e. The molecular formula is C34H43N3O4. The summed E-state index contributed by atoms with van der Waals surface area (Å²) in [5.41, 5.74) is 1.19. The molecule has 1 unspecified atom stereocenters. The van der Waals surface area contributed by atoms with Crippen LogP contribution in [0.2, 0.25) is 0 Å². The molecule has 7 nitrogen and oxygen atoms in total. The van der Waals surface area contributed by atoms with Crippen molar-refractivity contribution < 1.29 is 19.1 Å². The van der Waals surface area contributed by atoms with Crippen LogP contribution in [0.3, 0.4) is 0 Å². The van der Waals surface area contributed by atoms with Crippen LogP contribution in [0.1, 0.15) is 93.1 Å². The largest absolute Gasteiger partial charge is 0.461 e. The average Bonchev–Trinajstić information content (AvgIpc) is 2.99. The predicted molar refractivity (Wildman–Crippen MR) is 158 cm³/mol. The molecular weight excluding hydrogens is 514 g/mol. The van der Waals surface area contributed by atoms with Crippen molar-refractivity contribution in [1.82, 2.24) is 10.2 Å². The number of ether oxygens (including phenoxy) is 1. The van der Waals surface area contributed by atoms with E-state index >= 15 is 0 Å². The van der Waals surface area contributed by atoms with Crippen molar-refractivity contribution in [3.8, 4) is 6.07 Å². The number of nitrogens with zero attached hydrogens (tertiary/aromatic N) is 2. The first-order valence-electron chi connectivity index (χ1n) is 15.1. The van der Waals surface area contributed by atoms with E-state index in [9.17, 15) is 14.4 Å². The van der Waals surface area contributed by atoms with Gasteiger partial charge in [0.05, 0.1) is 17.6 Å². The maximum absolute atomic E-state index is 14.1. The number of rotatable bonds is 10. The van der Waals surface area contributed by atoms with Crippen molar-refractivity contribution in [1.29, 1.82) is 5.26 Å². The molecule has 1 saturated carbocycles. The maximum Gasteiger partial charge on any atom is 0.306 e. The number of nitrogens with one attached hydrogen (secondary N) is 1. The van der Waals surface area contributed by atoms with Crippen LogP contribution in [-0.4, -0.2) is 41.3 Å². The van der Waals surface area contributed by atoms with Gasteiger partial charge in [-0.1, -0.05) is 62.4 Å². The second kappa shape index (κ2) is 14.3. The van der Waals surface area contributed by atoms with Gasteiger partial charge in [-0.05, 0) is 74.8 Å². The number of amides is 2. The van der Waals surface area contributed by atoms with Gasteiger partial charge in [0.15, 0.2) is 0 Å². The average molecular weight is 558 g/mol. The molecule has 0 radical (unpaired) electrons. The van der Waals surface area contributed by atoms with Crippen molar-refractivity contribution in [2.75, 3.05) is 13.1 Å². The second-order valence-corrected chi connectivity index (χ2v) is 12.3. The van der Waals surface area contributed by atoms with E-state index in [0.717, 1.165) is 37.7 Å². The number of carbonyl (C=O) groups is 3. The maximum atomic E-state index is 14.1. The van der Waals surface area contributed by atoms with Gasteiger partial charge >= 0.3 is 5.97 Å².